The number of aliphatic hydroxyl groups excluding tert-OH is 2. The van der Waals surface area contributed by atoms with E-state index in [0.717, 1.165) is 29.3 Å². The third kappa shape index (κ3) is 12.1. The summed E-state index contributed by atoms with van der Waals surface area (Å²) in [6.45, 7) is 11.2. The third-order valence-electron chi connectivity index (χ3n) is 5.33. The summed E-state index contributed by atoms with van der Waals surface area (Å²) in [5.41, 5.74) is 2.59. The first kappa shape index (κ1) is 32.6. The second-order valence-electron chi connectivity index (χ2n) is 8.95. The van der Waals surface area contributed by atoms with Gasteiger partial charge in [0.05, 0.1) is 12.7 Å². The van der Waals surface area contributed by atoms with Crippen molar-refractivity contribution in [2.75, 3.05) is 32.8 Å². The molecule has 0 aliphatic carbocycles. The molecule has 0 radical (unpaired) electrons. The molecule has 0 heterocycles. The summed E-state index contributed by atoms with van der Waals surface area (Å²) in [6.07, 6.45) is -0.475. The smallest absolute Gasteiger partial charge is 0.253 e. The van der Waals surface area contributed by atoms with Crippen molar-refractivity contribution in [3.63, 3.8) is 0 Å². The molecule has 3 N–H and O–H groups in total. The van der Waals surface area contributed by atoms with E-state index in [0.29, 0.717) is 30.8 Å². The highest BCUT2D eigenvalue weighted by Crippen LogP contribution is 2.13. The van der Waals surface area contributed by atoms with E-state index in [-0.39, 0.29) is 24.9 Å². The number of nitrogens with zero attached hydrogens (tertiary/aromatic N) is 1. The first-order valence-corrected chi connectivity index (χ1v) is 13.3. The van der Waals surface area contributed by atoms with Gasteiger partial charge in [-0.25, -0.2) is 4.39 Å². The van der Waals surface area contributed by atoms with Crippen molar-refractivity contribution in [3.05, 3.63) is 64.5 Å². The Morgan fingerprint density at radius 3 is 2.08 bits per heavy atom. The lowest BCUT2D eigenvalue weighted by Crippen LogP contribution is -2.41. The Balaban J connectivity index is 0.000000635. The highest BCUT2D eigenvalue weighted by atomic mass is 31.0. The number of hydrogen-bond donors (Lipinski definition) is 3. The molecule has 0 aromatic heterocycles. The van der Waals surface area contributed by atoms with Gasteiger partial charge in [-0.2, -0.15) is 0 Å². The summed E-state index contributed by atoms with van der Waals surface area (Å²) in [4.78, 5) is 27.1. The maximum atomic E-state index is 12.8. The summed E-state index contributed by atoms with van der Waals surface area (Å²) in [6, 6.07) is 9.95. The molecule has 2 aromatic rings. The normalized spacial score (nSPS) is 12.2. The molecule has 0 aliphatic rings. The first-order chi connectivity index (χ1) is 17.5. The Hall–Kier alpha value is -2.38. The minimum Gasteiger partial charge on any atom is -0.388 e. The van der Waals surface area contributed by atoms with Crippen LogP contribution in [0.15, 0.2) is 36.4 Å². The lowest BCUT2D eigenvalue weighted by molar-refractivity contribution is -0.0337. The largest absolute Gasteiger partial charge is 0.388 e. The minimum atomic E-state index is -1.13. The molecule has 7 nitrogen and oxygen atoms in total. The Bertz CT molecular complexity index is 948. The van der Waals surface area contributed by atoms with Gasteiger partial charge in [0.15, 0.2) is 0 Å². The molecule has 2 amide bonds. The summed E-state index contributed by atoms with van der Waals surface area (Å²) in [5.74, 6) is -0.661. The fraction of sp³-hybridized carbons (Fsp3) is 0.500. The van der Waals surface area contributed by atoms with Crippen molar-refractivity contribution in [2.24, 2.45) is 0 Å². The minimum absolute atomic E-state index is 0.00131. The number of aliphatic hydroxyl groups is 2. The van der Waals surface area contributed by atoms with Crippen LogP contribution in [0.4, 0.5) is 4.39 Å². The SMILES string of the molecule is CCCN(CCC)C(=O)c1cc(C)cc(C(=O)NCC(O)C(O)COCC)c1.Cc1cc(F)cc(P)c1. The second-order valence-corrected chi connectivity index (χ2v) is 9.61. The molecular weight excluding hydrogens is 494 g/mol. The van der Waals surface area contributed by atoms with Gasteiger partial charge in [-0.15, -0.1) is 9.24 Å². The van der Waals surface area contributed by atoms with Crippen LogP contribution in [0.2, 0.25) is 0 Å². The van der Waals surface area contributed by atoms with Crippen LogP contribution in [0.1, 0.15) is 65.5 Å². The molecule has 9 heteroatoms. The lowest BCUT2D eigenvalue weighted by atomic mass is 10.0. The Kier molecular flexibility index (Phi) is 15.2. The fourth-order valence-corrected chi connectivity index (χ4v) is 4.05. The van der Waals surface area contributed by atoms with E-state index >= 15 is 0 Å². The monoisotopic (exact) mass is 536 g/mol. The fourth-order valence-electron chi connectivity index (χ4n) is 3.62. The lowest BCUT2D eigenvalue weighted by Gasteiger charge is -2.22. The van der Waals surface area contributed by atoms with Crippen molar-refractivity contribution in [1.29, 1.82) is 0 Å². The van der Waals surface area contributed by atoms with Crippen molar-refractivity contribution in [3.8, 4) is 0 Å². The Labute approximate surface area is 222 Å². The Morgan fingerprint density at radius 1 is 0.946 bits per heavy atom. The number of aryl methyl sites for hydroxylation is 2. The van der Waals surface area contributed by atoms with Crippen LogP contribution in [-0.4, -0.2) is 72.0 Å². The molecule has 0 spiro atoms. The van der Waals surface area contributed by atoms with Crippen molar-refractivity contribution >= 4 is 26.4 Å². The van der Waals surface area contributed by atoms with Crippen molar-refractivity contribution < 1.29 is 28.9 Å². The van der Waals surface area contributed by atoms with E-state index in [4.69, 9.17) is 4.74 Å². The Morgan fingerprint density at radius 2 is 1.54 bits per heavy atom. The maximum Gasteiger partial charge on any atom is 0.253 e. The first-order valence-electron chi connectivity index (χ1n) is 12.7. The average Bonchev–Trinajstić information content (AvgIpc) is 2.84. The van der Waals surface area contributed by atoms with Crippen LogP contribution >= 0.6 is 9.24 Å². The van der Waals surface area contributed by atoms with Gasteiger partial charge in [0.1, 0.15) is 11.9 Å². The number of halogens is 1. The average molecular weight is 537 g/mol. The van der Waals surface area contributed by atoms with Gasteiger partial charge in [-0.3, -0.25) is 9.59 Å². The van der Waals surface area contributed by atoms with Gasteiger partial charge >= 0.3 is 0 Å². The number of carbonyl (C=O) groups excluding carboxylic acids is 2. The molecule has 0 aliphatic heterocycles. The van der Waals surface area contributed by atoms with Crippen molar-refractivity contribution in [1.82, 2.24) is 10.2 Å². The second kappa shape index (κ2) is 17.2. The zero-order valence-electron chi connectivity index (χ0n) is 22.6. The van der Waals surface area contributed by atoms with Crippen LogP contribution < -0.4 is 10.6 Å². The summed E-state index contributed by atoms with van der Waals surface area (Å²) in [7, 11) is 2.46. The standard InChI is InChI=1S/C21H34N2O5.C7H8FP/c1-5-8-23(9-6-2)21(27)17-11-15(4)10-16(12-17)20(26)22-13-18(24)19(25)14-28-7-3;1-5-2-6(8)4-7(9)3-5/h10-12,18-19,24-25H,5-9,13-14H2,1-4H3,(H,22,26);2-4H,9H2,1H3. The predicted octanol–water partition coefficient (Wildman–Crippen LogP) is 3.38. The molecule has 206 valence electrons. The number of carbonyl (C=O) groups is 2. The number of ether oxygens (including phenoxy) is 1. The van der Waals surface area contributed by atoms with Gasteiger partial charge in [0.2, 0.25) is 0 Å². The topological polar surface area (TPSA) is 99.1 Å². The van der Waals surface area contributed by atoms with E-state index in [9.17, 15) is 24.2 Å². The van der Waals surface area contributed by atoms with E-state index in [1.807, 2.05) is 33.8 Å². The zero-order chi connectivity index (χ0) is 28.0. The van der Waals surface area contributed by atoms with Gasteiger partial charge in [-0.05, 0) is 80.4 Å². The van der Waals surface area contributed by atoms with E-state index in [1.54, 1.807) is 30.0 Å². The van der Waals surface area contributed by atoms with E-state index in [2.05, 4.69) is 14.6 Å². The molecule has 3 atom stereocenters. The van der Waals surface area contributed by atoms with Crippen LogP contribution in [0.25, 0.3) is 0 Å². The van der Waals surface area contributed by atoms with Crippen LogP contribution in [0, 0.1) is 19.7 Å². The molecule has 0 saturated carbocycles. The van der Waals surface area contributed by atoms with Gasteiger partial charge < -0.3 is 25.2 Å². The number of amides is 2. The molecule has 2 aromatic carbocycles. The van der Waals surface area contributed by atoms with Crippen LogP contribution in [-0.2, 0) is 4.74 Å². The molecule has 0 fully saturated rings. The van der Waals surface area contributed by atoms with Crippen LogP contribution in [0.5, 0.6) is 0 Å². The molecule has 37 heavy (non-hydrogen) atoms. The quantitative estimate of drug-likeness (QED) is 0.362. The molecule has 0 bridgehead atoms. The zero-order valence-corrected chi connectivity index (χ0v) is 23.7. The summed E-state index contributed by atoms with van der Waals surface area (Å²) in [5, 5.41) is 23.2. The maximum absolute atomic E-state index is 12.8. The van der Waals surface area contributed by atoms with Gasteiger partial charge in [0.25, 0.3) is 11.8 Å². The number of hydrogen-bond acceptors (Lipinski definition) is 5. The van der Waals surface area contributed by atoms with Gasteiger partial charge in [0, 0.05) is 37.4 Å². The molecule has 2 rings (SSSR count). The molecule has 0 saturated heterocycles. The number of benzene rings is 2. The molecule has 3 unspecified atom stereocenters. The van der Waals surface area contributed by atoms with Crippen molar-refractivity contribution in [2.45, 2.75) is 59.7 Å². The summed E-state index contributed by atoms with van der Waals surface area (Å²) < 4.78 is 17.5. The number of rotatable bonds is 12. The predicted molar refractivity (Wildman–Crippen MR) is 149 cm³/mol. The highest BCUT2D eigenvalue weighted by Gasteiger charge is 2.20. The van der Waals surface area contributed by atoms with Gasteiger partial charge in [-0.1, -0.05) is 19.9 Å². The highest BCUT2D eigenvalue weighted by molar-refractivity contribution is 7.27. The summed E-state index contributed by atoms with van der Waals surface area (Å²) >= 11 is 0. The van der Waals surface area contributed by atoms with E-state index in [1.165, 1.54) is 12.1 Å². The molecular formula is C28H42FN2O5P. The van der Waals surface area contributed by atoms with Crippen LogP contribution in [0.3, 0.4) is 0 Å². The van der Waals surface area contributed by atoms with E-state index < -0.39 is 18.1 Å². The third-order valence-corrected chi connectivity index (χ3v) is 5.67. The number of nitrogens with one attached hydrogen (secondary N) is 1.